The van der Waals surface area contributed by atoms with Crippen molar-refractivity contribution >= 4 is 6.29 Å². The summed E-state index contributed by atoms with van der Waals surface area (Å²) in [6, 6.07) is -0.152. The molecule has 17 heavy (non-hydrogen) atoms. The number of hydroxylamine groups is 2. The summed E-state index contributed by atoms with van der Waals surface area (Å²) in [6.07, 6.45) is 1.47. The van der Waals surface area contributed by atoms with E-state index in [9.17, 15) is 9.90 Å². The summed E-state index contributed by atoms with van der Waals surface area (Å²) in [6.45, 7) is 1.47. The molecular formula is C11H17NO5. The van der Waals surface area contributed by atoms with Crippen molar-refractivity contribution in [2.45, 2.75) is 43.3 Å². The van der Waals surface area contributed by atoms with Crippen LogP contribution in [0.15, 0.2) is 0 Å². The number of rotatable bonds is 3. The monoisotopic (exact) mass is 243 g/mol. The largest absolute Gasteiger partial charge is 0.388 e. The molecule has 0 bridgehead atoms. The molecular weight excluding hydrogens is 226 g/mol. The second-order valence-electron chi connectivity index (χ2n) is 4.79. The van der Waals surface area contributed by atoms with E-state index in [1.807, 2.05) is 0 Å². The lowest BCUT2D eigenvalue weighted by molar-refractivity contribution is -0.219. The maximum atomic E-state index is 10.8. The summed E-state index contributed by atoms with van der Waals surface area (Å²) in [5, 5.41) is 11.3. The smallest absolute Gasteiger partial charge is 0.139 e. The number of nitrogens with zero attached hydrogens (tertiary/aromatic N) is 1. The van der Waals surface area contributed by atoms with Gasteiger partial charge in [-0.05, 0) is 12.8 Å². The number of hydrogen-bond donors (Lipinski definition) is 1. The third kappa shape index (κ3) is 2.00. The van der Waals surface area contributed by atoms with Crippen molar-refractivity contribution < 1.29 is 24.2 Å². The van der Waals surface area contributed by atoms with Gasteiger partial charge >= 0.3 is 0 Å². The number of aldehydes is 1. The van der Waals surface area contributed by atoms with Crippen LogP contribution in [-0.2, 0) is 19.1 Å². The third-order valence-corrected chi connectivity index (χ3v) is 3.66. The quantitative estimate of drug-likeness (QED) is 0.648. The first-order valence-corrected chi connectivity index (χ1v) is 6.09. The fraction of sp³-hybridized carbons (Fsp3) is 0.909. The van der Waals surface area contributed by atoms with E-state index in [0.29, 0.717) is 13.2 Å². The van der Waals surface area contributed by atoms with Crippen molar-refractivity contribution in [3.63, 3.8) is 0 Å². The van der Waals surface area contributed by atoms with E-state index in [-0.39, 0.29) is 24.4 Å². The second kappa shape index (κ2) is 4.62. The average molecular weight is 243 g/mol. The molecule has 0 aliphatic carbocycles. The van der Waals surface area contributed by atoms with Crippen LogP contribution >= 0.6 is 0 Å². The van der Waals surface area contributed by atoms with E-state index < -0.39 is 6.10 Å². The van der Waals surface area contributed by atoms with E-state index in [1.165, 1.54) is 0 Å². The summed E-state index contributed by atoms with van der Waals surface area (Å²) in [7, 11) is 0. The van der Waals surface area contributed by atoms with Gasteiger partial charge in [0, 0.05) is 6.54 Å². The summed E-state index contributed by atoms with van der Waals surface area (Å²) >= 11 is 0. The molecule has 0 radical (unpaired) electrons. The van der Waals surface area contributed by atoms with Gasteiger partial charge in [-0.2, -0.15) is 5.06 Å². The fourth-order valence-corrected chi connectivity index (χ4v) is 2.74. The van der Waals surface area contributed by atoms with Crippen LogP contribution in [0.25, 0.3) is 0 Å². The minimum atomic E-state index is -0.561. The Morgan fingerprint density at radius 3 is 2.94 bits per heavy atom. The topological polar surface area (TPSA) is 68.2 Å². The Bertz CT molecular complexity index is 300. The molecule has 96 valence electrons. The molecule has 1 N–H and O–H groups in total. The van der Waals surface area contributed by atoms with Crippen molar-refractivity contribution in [1.29, 1.82) is 0 Å². The average Bonchev–Trinajstić information content (AvgIpc) is 2.99. The van der Waals surface area contributed by atoms with Gasteiger partial charge in [-0.1, -0.05) is 0 Å². The summed E-state index contributed by atoms with van der Waals surface area (Å²) < 4.78 is 10.9. The van der Waals surface area contributed by atoms with Crippen LogP contribution < -0.4 is 0 Å². The zero-order valence-electron chi connectivity index (χ0n) is 9.53. The number of aliphatic hydroxyl groups excluding tert-OH is 1. The zero-order chi connectivity index (χ0) is 11.8. The Hall–Kier alpha value is -0.530. The molecule has 6 nitrogen and oxygen atoms in total. The molecule has 3 aliphatic rings. The highest BCUT2D eigenvalue weighted by Crippen LogP contribution is 2.30. The van der Waals surface area contributed by atoms with E-state index in [4.69, 9.17) is 14.3 Å². The Labute approximate surface area is 99.4 Å². The minimum Gasteiger partial charge on any atom is -0.388 e. The van der Waals surface area contributed by atoms with Crippen LogP contribution in [0.4, 0.5) is 0 Å². The predicted molar refractivity (Wildman–Crippen MR) is 56.2 cm³/mol. The van der Waals surface area contributed by atoms with Gasteiger partial charge in [0.25, 0.3) is 0 Å². The summed E-state index contributed by atoms with van der Waals surface area (Å²) in [5.41, 5.74) is 0. The van der Waals surface area contributed by atoms with Crippen molar-refractivity contribution in [1.82, 2.24) is 5.06 Å². The van der Waals surface area contributed by atoms with Gasteiger partial charge in [0.05, 0.1) is 19.3 Å². The van der Waals surface area contributed by atoms with Crippen LogP contribution in [0.2, 0.25) is 0 Å². The highest BCUT2D eigenvalue weighted by Gasteiger charge is 2.49. The van der Waals surface area contributed by atoms with Gasteiger partial charge in [0.2, 0.25) is 0 Å². The first-order chi connectivity index (χ1) is 8.29. The lowest BCUT2D eigenvalue weighted by atomic mass is 10.1. The highest BCUT2D eigenvalue weighted by molar-refractivity contribution is 5.57. The molecule has 0 aromatic carbocycles. The van der Waals surface area contributed by atoms with Crippen LogP contribution in [0.1, 0.15) is 12.8 Å². The molecule has 0 aromatic rings. The van der Waals surface area contributed by atoms with Crippen LogP contribution in [0, 0.1) is 0 Å². The first kappa shape index (κ1) is 11.6. The van der Waals surface area contributed by atoms with Gasteiger partial charge in [-0.25, -0.2) is 0 Å². The Morgan fingerprint density at radius 2 is 2.12 bits per heavy atom. The number of ether oxygens (including phenoxy) is 2. The van der Waals surface area contributed by atoms with Crippen molar-refractivity contribution in [2.75, 3.05) is 19.8 Å². The Kier molecular flexibility index (Phi) is 3.14. The SMILES string of the molecule is O=C[C@@H]1CCCN1O[C@@H]1CO[C@H]2[C@@H]1OC[C@H]2O. The van der Waals surface area contributed by atoms with Gasteiger partial charge in [0.15, 0.2) is 0 Å². The summed E-state index contributed by atoms with van der Waals surface area (Å²) in [5.74, 6) is 0. The van der Waals surface area contributed by atoms with Crippen molar-refractivity contribution in [2.24, 2.45) is 0 Å². The second-order valence-corrected chi connectivity index (χ2v) is 4.79. The van der Waals surface area contributed by atoms with Crippen LogP contribution in [0.3, 0.4) is 0 Å². The molecule has 3 aliphatic heterocycles. The molecule has 0 amide bonds. The zero-order valence-corrected chi connectivity index (χ0v) is 9.53. The highest BCUT2D eigenvalue weighted by atomic mass is 16.7. The molecule has 3 rings (SSSR count). The number of carbonyl (C=O) groups excluding carboxylic acids is 1. The first-order valence-electron chi connectivity index (χ1n) is 6.09. The van der Waals surface area contributed by atoms with E-state index in [1.54, 1.807) is 5.06 Å². The molecule has 0 aromatic heterocycles. The van der Waals surface area contributed by atoms with Gasteiger partial charge < -0.3 is 19.4 Å². The standard InChI is InChI=1S/C11H17NO5/c13-4-7-2-1-3-12(7)17-9-6-16-10-8(14)5-15-11(9)10/h4,7-11,14H,1-3,5-6H2/t7-,8+,9+,10+,11+/m0/s1. The number of hydrogen-bond acceptors (Lipinski definition) is 6. The van der Waals surface area contributed by atoms with Gasteiger partial charge in [-0.15, -0.1) is 0 Å². The number of carbonyl (C=O) groups is 1. The molecule has 3 saturated heterocycles. The molecule has 3 fully saturated rings. The molecule has 0 unspecified atom stereocenters. The summed E-state index contributed by atoms with van der Waals surface area (Å²) in [4.78, 5) is 16.6. The van der Waals surface area contributed by atoms with E-state index in [0.717, 1.165) is 25.7 Å². The van der Waals surface area contributed by atoms with Crippen LogP contribution in [0.5, 0.6) is 0 Å². The van der Waals surface area contributed by atoms with Gasteiger partial charge in [-0.3, -0.25) is 4.84 Å². The molecule has 3 heterocycles. The maximum absolute atomic E-state index is 10.8. The number of fused-ring (bicyclic) bond motifs is 1. The Morgan fingerprint density at radius 1 is 1.29 bits per heavy atom. The lowest BCUT2D eigenvalue weighted by Crippen LogP contribution is -2.40. The fourth-order valence-electron chi connectivity index (χ4n) is 2.74. The number of aliphatic hydroxyl groups is 1. The molecule has 6 heteroatoms. The third-order valence-electron chi connectivity index (χ3n) is 3.66. The van der Waals surface area contributed by atoms with Crippen LogP contribution in [-0.4, -0.2) is 66.7 Å². The van der Waals surface area contributed by atoms with E-state index in [2.05, 4.69) is 0 Å². The molecule has 5 atom stereocenters. The molecule has 0 saturated carbocycles. The normalized spacial score (nSPS) is 46.3. The van der Waals surface area contributed by atoms with Crippen molar-refractivity contribution in [3.8, 4) is 0 Å². The van der Waals surface area contributed by atoms with Crippen molar-refractivity contribution in [3.05, 3.63) is 0 Å². The Balaban J connectivity index is 1.61. The van der Waals surface area contributed by atoms with E-state index >= 15 is 0 Å². The predicted octanol–water partition coefficient (Wildman–Crippen LogP) is -0.892. The minimum absolute atomic E-state index is 0.152. The lowest BCUT2D eigenvalue weighted by Gasteiger charge is -2.25. The molecule has 0 spiro atoms. The van der Waals surface area contributed by atoms with Gasteiger partial charge in [0.1, 0.15) is 30.7 Å². The maximum Gasteiger partial charge on any atom is 0.139 e.